The van der Waals surface area contributed by atoms with Gasteiger partial charge in [-0.15, -0.1) is 0 Å². The van der Waals surface area contributed by atoms with E-state index >= 15 is 0 Å². The van der Waals surface area contributed by atoms with E-state index in [9.17, 15) is 4.79 Å². The van der Waals surface area contributed by atoms with Crippen LogP contribution in [0.3, 0.4) is 0 Å². The second kappa shape index (κ2) is 8.70. The van der Waals surface area contributed by atoms with Crippen molar-refractivity contribution in [2.75, 3.05) is 35.2 Å². The number of hydrogen-bond acceptors (Lipinski definition) is 4. The van der Waals surface area contributed by atoms with E-state index in [4.69, 9.17) is 0 Å². The van der Waals surface area contributed by atoms with E-state index in [1.54, 1.807) is 12.3 Å². The molecule has 1 aromatic carbocycles. The fraction of sp³-hybridized carbons (Fsp3) is 0.429. The van der Waals surface area contributed by atoms with Crippen LogP contribution in [0.1, 0.15) is 43.6 Å². The smallest absolute Gasteiger partial charge is 0.274 e. The first-order valence-electron chi connectivity index (χ1n) is 9.48. The molecule has 0 bridgehead atoms. The van der Waals surface area contributed by atoms with Crippen LogP contribution in [0, 0.1) is 5.92 Å². The summed E-state index contributed by atoms with van der Waals surface area (Å²) in [5.74, 6) is 0.372. The molecule has 5 heteroatoms. The molecular formula is C21H28N4O. The Morgan fingerprint density at radius 2 is 1.73 bits per heavy atom. The lowest BCUT2D eigenvalue weighted by atomic mass is 10.1. The van der Waals surface area contributed by atoms with Crippen LogP contribution in [0.4, 0.5) is 17.1 Å². The molecule has 2 heterocycles. The lowest BCUT2D eigenvalue weighted by Crippen LogP contribution is -2.29. The molecule has 2 aromatic rings. The van der Waals surface area contributed by atoms with Crippen LogP contribution in [0.2, 0.25) is 0 Å². The summed E-state index contributed by atoms with van der Waals surface area (Å²) in [5, 5.41) is 6.22. The number of pyridine rings is 1. The van der Waals surface area contributed by atoms with E-state index < -0.39 is 0 Å². The summed E-state index contributed by atoms with van der Waals surface area (Å²) >= 11 is 0. The van der Waals surface area contributed by atoms with Gasteiger partial charge in [-0.05, 0) is 61.6 Å². The molecule has 1 fully saturated rings. The van der Waals surface area contributed by atoms with Crippen LogP contribution in [-0.4, -0.2) is 30.5 Å². The third-order valence-electron chi connectivity index (χ3n) is 4.56. The average Bonchev–Trinajstić information content (AvgIpc) is 2.68. The van der Waals surface area contributed by atoms with E-state index in [1.165, 1.54) is 24.9 Å². The molecule has 5 nitrogen and oxygen atoms in total. The van der Waals surface area contributed by atoms with Crippen molar-refractivity contribution in [1.29, 1.82) is 0 Å². The standard InChI is InChI=1S/C21H28N4O/c1-16(2)14-22-18-8-11-20(23-15-18)21(26)24-17-6-9-19(10-7-17)25-12-4-3-5-13-25/h6-11,15-16,22H,3-5,12-14H2,1-2H3,(H,24,26). The third kappa shape index (κ3) is 4.97. The Hall–Kier alpha value is -2.56. The van der Waals surface area contributed by atoms with E-state index in [0.717, 1.165) is 31.0 Å². The number of aromatic nitrogens is 1. The summed E-state index contributed by atoms with van der Waals surface area (Å²) in [4.78, 5) is 19.0. The van der Waals surface area contributed by atoms with Crippen molar-refractivity contribution in [3.8, 4) is 0 Å². The average molecular weight is 352 g/mol. The molecular weight excluding hydrogens is 324 g/mol. The van der Waals surface area contributed by atoms with Gasteiger partial charge in [0.25, 0.3) is 5.91 Å². The molecule has 3 rings (SSSR count). The summed E-state index contributed by atoms with van der Waals surface area (Å²) in [6, 6.07) is 11.7. The predicted molar refractivity (Wildman–Crippen MR) is 108 cm³/mol. The Labute approximate surface area is 155 Å². The zero-order chi connectivity index (χ0) is 18.4. The lowest BCUT2D eigenvalue weighted by Gasteiger charge is -2.28. The molecule has 0 aliphatic carbocycles. The Morgan fingerprint density at radius 1 is 1.04 bits per heavy atom. The molecule has 0 atom stereocenters. The van der Waals surface area contributed by atoms with Crippen molar-refractivity contribution in [3.05, 3.63) is 48.3 Å². The van der Waals surface area contributed by atoms with Gasteiger partial charge < -0.3 is 15.5 Å². The number of rotatable bonds is 6. The highest BCUT2D eigenvalue weighted by Gasteiger charge is 2.12. The van der Waals surface area contributed by atoms with Crippen LogP contribution in [0.25, 0.3) is 0 Å². The monoisotopic (exact) mass is 352 g/mol. The Kier molecular flexibility index (Phi) is 6.10. The van der Waals surface area contributed by atoms with Gasteiger partial charge >= 0.3 is 0 Å². The number of carbonyl (C=O) groups excluding carboxylic acids is 1. The van der Waals surface area contributed by atoms with E-state index in [2.05, 4.69) is 46.5 Å². The summed E-state index contributed by atoms with van der Waals surface area (Å²) in [6.07, 6.45) is 5.54. The maximum atomic E-state index is 12.4. The minimum Gasteiger partial charge on any atom is -0.384 e. The third-order valence-corrected chi connectivity index (χ3v) is 4.56. The van der Waals surface area contributed by atoms with Gasteiger partial charge in [-0.1, -0.05) is 13.8 Å². The number of nitrogens with zero attached hydrogens (tertiary/aromatic N) is 2. The maximum Gasteiger partial charge on any atom is 0.274 e. The first kappa shape index (κ1) is 18.2. The zero-order valence-corrected chi connectivity index (χ0v) is 15.7. The van der Waals surface area contributed by atoms with Crippen molar-refractivity contribution >= 4 is 23.0 Å². The van der Waals surface area contributed by atoms with E-state index in [1.807, 2.05) is 18.2 Å². The molecule has 1 aliphatic rings. The number of nitrogens with one attached hydrogen (secondary N) is 2. The number of piperidine rings is 1. The minimum atomic E-state index is -0.189. The van der Waals surface area contributed by atoms with Crippen LogP contribution in [0.15, 0.2) is 42.6 Å². The molecule has 0 radical (unpaired) electrons. The van der Waals surface area contributed by atoms with Crippen molar-refractivity contribution in [2.24, 2.45) is 5.92 Å². The molecule has 1 amide bonds. The quantitative estimate of drug-likeness (QED) is 0.809. The molecule has 0 unspecified atom stereocenters. The molecule has 0 saturated carbocycles. The molecule has 138 valence electrons. The first-order valence-corrected chi connectivity index (χ1v) is 9.48. The molecule has 2 N–H and O–H groups in total. The zero-order valence-electron chi connectivity index (χ0n) is 15.7. The van der Waals surface area contributed by atoms with Gasteiger partial charge in [-0.3, -0.25) is 4.79 Å². The second-order valence-corrected chi connectivity index (χ2v) is 7.26. The van der Waals surface area contributed by atoms with Gasteiger partial charge in [0.2, 0.25) is 0 Å². The van der Waals surface area contributed by atoms with Crippen LogP contribution >= 0.6 is 0 Å². The van der Waals surface area contributed by atoms with Gasteiger partial charge in [-0.2, -0.15) is 0 Å². The highest BCUT2D eigenvalue weighted by molar-refractivity contribution is 6.03. The topological polar surface area (TPSA) is 57.3 Å². The van der Waals surface area contributed by atoms with E-state index in [-0.39, 0.29) is 5.91 Å². The highest BCUT2D eigenvalue weighted by Crippen LogP contribution is 2.22. The fourth-order valence-corrected chi connectivity index (χ4v) is 3.06. The lowest BCUT2D eigenvalue weighted by molar-refractivity contribution is 0.102. The highest BCUT2D eigenvalue weighted by atomic mass is 16.1. The normalized spacial score (nSPS) is 14.3. The molecule has 1 aromatic heterocycles. The SMILES string of the molecule is CC(C)CNc1ccc(C(=O)Nc2ccc(N3CCCCC3)cc2)nc1. The fourth-order valence-electron chi connectivity index (χ4n) is 3.06. The van der Waals surface area contributed by atoms with Crippen LogP contribution in [0.5, 0.6) is 0 Å². The van der Waals surface area contributed by atoms with Gasteiger partial charge in [0.05, 0.1) is 11.9 Å². The summed E-state index contributed by atoms with van der Waals surface area (Å²) < 4.78 is 0. The molecule has 26 heavy (non-hydrogen) atoms. The number of benzene rings is 1. The summed E-state index contributed by atoms with van der Waals surface area (Å²) in [6.45, 7) is 7.42. The van der Waals surface area contributed by atoms with Gasteiger partial charge in [0.15, 0.2) is 0 Å². The first-order chi connectivity index (χ1) is 12.6. The molecule has 0 spiro atoms. The Morgan fingerprint density at radius 3 is 2.35 bits per heavy atom. The number of anilines is 3. The molecule has 1 aliphatic heterocycles. The molecule has 1 saturated heterocycles. The predicted octanol–water partition coefficient (Wildman–Crippen LogP) is 4.39. The van der Waals surface area contributed by atoms with Crippen LogP contribution in [-0.2, 0) is 0 Å². The Balaban J connectivity index is 1.57. The van der Waals surface area contributed by atoms with Crippen molar-refractivity contribution in [2.45, 2.75) is 33.1 Å². The van der Waals surface area contributed by atoms with Crippen molar-refractivity contribution in [1.82, 2.24) is 4.98 Å². The van der Waals surface area contributed by atoms with Crippen molar-refractivity contribution in [3.63, 3.8) is 0 Å². The van der Waals surface area contributed by atoms with Gasteiger partial charge in [-0.25, -0.2) is 4.98 Å². The van der Waals surface area contributed by atoms with Crippen LogP contribution < -0.4 is 15.5 Å². The maximum absolute atomic E-state index is 12.4. The summed E-state index contributed by atoms with van der Waals surface area (Å²) in [5.41, 5.74) is 3.36. The van der Waals surface area contributed by atoms with Gasteiger partial charge in [0, 0.05) is 31.0 Å². The Bertz CT molecular complexity index is 704. The number of amides is 1. The minimum absolute atomic E-state index is 0.189. The van der Waals surface area contributed by atoms with Crippen molar-refractivity contribution < 1.29 is 4.79 Å². The largest absolute Gasteiger partial charge is 0.384 e. The van der Waals surface area contributed by atoms with Gasteiger partial charge in [0.1, 0.15) is 5.69 Å². The number of hydrogen-bond donors (Lipinski definition) is 2. The number of carbonyl (C=O) groups is 1. The summed E-state index contributed by atoms with van der Waals surface area (Å²) in [7, 11) is 0. The second-order valence-electron chi connectivity index (χ2n) is 7.26. The van der Waals surface area contributed by atoms with E-state index in [0.29, 0.717) is 11.6 Å².